The normalized spacial score (nSPS) is 29.2. The lowest BCUT2D eigenvalue weighted by molar-refractivity contribution is -0.134. The maximum atomic E-state index is 12.9. The summed E-state index contributed by atoms with van der Waals surface area (Å²) in [6, 6.07) is 4.13. The van der Waals surface area contributed by atoms with Gasteiger partial charge in [-0.15, -0.1) is 24.8 Å². The maximum absolute atomic E-state index is 12.9. The second-order valence-electron chi connectivity index (χ2n) is 8.06. The first-order valence-corrected chi connectivity index (χ1v) is 9.98. The molecule has 3 fully saturated rings. The number of hydrogen-bond donors (Lipinski definition) is 2. The zero-order valence-electron chi connectivity index (χ0n) is 16.5. The zero-order chi connectivity index (χ0) is 18.0. The molecule has 1 unspecified atom stereocenters. The van der Waals surface area contributed by atoms with E-state index in [1.807, 2.05) is 6.20 Å². The predicted molar refractivity (Wildman–Crippen MR) is 115 cm³/mol. The van der Waals surface area contributed by atoms with E-state index in [-0.39, 0.29) is 42.2 Å². The Balaban J connectivity index is 0.00000140. The van der Waals surface area contributed by atoms with Crippen LogP contribution < -0.4 is 15.5 Å². The number of amides is 1. The molecule has 1 saturated carbocycles. The van der Waals surface area contributed by atoms with Crippen LogP contribution in [0, 0.1) is 11.3 Å². The number of nitrogens with one attached hydrogen (secondary N) is 2. The van der Waals surface area contributed by atoms with Gasteiger partial charge in [0.05, 0.1) is 18.1 Å². The minimum absolute atomic E-state index is 0. The summed E-state index contributed by atoms with van der Waals surface area (Å²) in [5.41, 5.74) is 0.869. The summed E-state index contributed by atoms with van der Waals surface area (Å²) in [7, 11) is 0. The molecule has 1 aromatic heterocycles. The monoisotopic (exact) mass is 430 g/mol. The van der Waals surface area contributed by atoms with Gasteiger partial charge in [0.1, 0.15) is 5.82 Å². The standard InChI is InChI=1S/C20H30N4O2.2ClH/c1-15-13-24(8-9-26-15)18-6-5-16(10-22-18)11-23-19(25)20-7-3-2-4-17(20)12-21-14-20;;/h5-6,10,15,17,21H,2-4,7-9,11-14H2,1H3,(H,23,25);2*1H/t15?,17-,20+;;/m0../s1. The molecule has 6 nitrogen and oxygen atoms in total. The molecule has 8 heteroatoms. The van der Waals surface area contributed by atoms with Crippen LogP contribution in [0.2, 0.25) is 0 Å². The first-order chi connectivity index (χ1) is 12.7. The van der Waals surface area contributed by atoms with Gasteiger partial charge in [0.2, 0.25) is 5.91 Å². The van der Waals surface area contributed by atoms with Gasteiger partial charge in [0, 0.05) is 32.4 Å². The van der Waals surface area contributed by atoms with Gasteiger partial charge < -0.3 is 20.3 Å². The van der Waals surface area contributed by atoms with Gasteiger partial charge in [-0.05, 0) is 43.9 Å². The molecule has 3 heterocycles. The fourth-order valence-electron chi connectivity index (χ4n) is 4.78. The Morgan fingerprint density at radius 2 is 2.25 bits per heavy atom. The molecular weight excluding hydrogens is 399 g/mol. The molecule has 4 rings (SSSR count). The van der Waals surface area contributed by atoms with Crippen LogP contribution in [0.5, 0.6) is 0 Å². The minimum Gasteiger partial charge on any atom is -0.375 e. The van der Waals surface area contributed by atoms with E-state index in [1.165, 1.54) is 19.3 Å². The molecule has 1 aliphatic carbocycles. The molecule has 0 radical (unpaired) electrons. The third-order valence-electron chi connectivity index (χ3n) is 6.32. The summed E-state index contributed by atoms with van der Waals surface area (Å²) < 4.78 is 5.59. The fourth-order valence-corrected chi connectivity index (χ4v) is 4.78. The Bertz CT molecular complexity index is 646. The van der Waals surface area contributed by atoms with Crippen molar-refractivity contribution in [1.29, 1.82) is 0 Å². The molecule has 1 amide bonds. The summed E-state index contributed by atoms with van der Waals surface area (Å²) in [5, 5.41) is 6.63. The van der Waals surface area contributed by atoms with Crippen LogP contribution in [-0.4, -0.2) is 49.8 Å². The molecule has 0 aromatic carbocycles. The van der Waals surface area contributed by atoms with Crippen LogP contribution in [0.15, 0.2) is 18.3 Å². The summed E-state index contributed by atoms with van der Waals surface area (Å²) in [4.78, 5) is 19.8. The number of ether oxygens (including phenoxy) is 1. The van der Waals surface area contributed by atoms with Crippen LogP contribution in [0.3, 0.4) is 0 Å². The summed E-state index contributed by atoms with van der Waals surface area (Å²) in [6.45, 7) is 6.96. The van der Waals surface area contributed by atoms with E-state index in [0.717, 1.165) is 50.6 Å². The van der Waals surface area contributed by atoms with E-state index in [9.17, 15) is 4.79 Å². The second-order valence-corrected chi connectivity index (χ2v) is 8.06. The maximum Gasteiger partial charge on any atom is 0.228 e. The molecule has 2 saturated heterocycles. The van der Waals surface area contributed by atoms with Crippen LogP contribution in [0.25, 0.3) is 0 Å². The van der Waals surface area contributed by atoms with Gasteiger partial charge in [0.15, 0.2) is 0 Å². The molecule has 2 aliphatic heterocycles. The largest absolute Gasteiger partial charge is 0.375 e. The Morgan fingerprint density at radius 3 is 3.00 bits per heavy atom. The van der Waals surface area contributed by atoms with Crippen molar-refractivity contribution in [2.24, 2.45) is 11.3 Å². The third-order valence-corrected chi connectivity index (χ3v) is 6.32. The molecule has 0 spiro atoms. The van der Waals surface area contributed by atoms with Gasteiger partial charge in [-0.25, -0.2) is 4.98 Å². The number of pyridine rings is 1. The van der Waals surface area contributed by atoms with Crippen molar-refractivity contribution in [3.8, 4) is 0 Å². The number of anilines is 1. The Labute approximate surface area is 180 Å². The van der Waals surface area contributed by atoms with Gasteiger partial charge in [0.25, 0.3) is 0 Å². The zero-order valence-corrected chi connectivity index (χ0v) is 18.1. The van der Waals surface area contributed by atoms with Crippen molar-refractivity contribution in [1.82, 2.24) is 15.6 Å². The smallest absolute Gasteiger partial charge is 0.228 e. The molecule has 3 aliphatic rings. The molecule has 0 bridgehead atoms. The van der Waals surface area contributed by atoms with Gasteiger partial charge in [-0.1, -0.05) is 18.9 Å². The average molecular weight is 431 g/mol. The lowest BCUT2D eigenvalue weighted by atomic mass is 9.67. The highest BCUT2D eigenvalue weighted by Gasteiger charge is 2.49. The van der Waals surface area contributed by atoms with Gasteiger partial charge >= 0.3 is 0 Å². The number of carbonyl (C=O) groups excluding carboxylic acids is 1. The van der Waals surface area contributed by atoms with E-state index in [0.29, 0.717) is 12.5 Å². The number of fused-ring (bicyclic) bond motifs is 1. The van der Waals surface area contributed by atoms with E-state index in [1.54, 1.807) is 0 Å². The minimum atomic E-state index is -0.185. The number of halogens is 2. The van der Waals surface area contributed by atoms with Crippen LogP contribution in [-0.2, 0) is 16.1 Å². The number of carbonyl (C=O) groups is 1. The van der Waals surface area contributed by atoms with E-state index in [2.05, 4.69) is 39.6 Å². The Hall–Kier alpha value is -1.08. The molecule has 1 aromatic rings. The van der Waals surface area contributed by atoms with E-state index < -0.39 is 0 Å². The van der Waals surface area contributed by atoms with E-state index >= 15 is 0 Å². The number of hydrogen-bond acceptors (Lipinski definition) is 5. The van der Waals surface area contributed by atoms with Crippen molar-refractivity contribution < 1.29 is 9.53 Å². The SMILES string of the molecule is CC1CN(c2ccc(CNC(=O)[C@@]34CCCC[C@H]3CNC4)cn2)CCO1.Cl.Cl. The molecule has 28 heavy (non-hydrogen) atoms. The lowest BCUT2D eigenvalue weighted by Gasteiger charge is -2.37. The second kappa shape index (κ2) is 10.1. The molecule has 3 atom stereocenters. The highest BCUT2D eigenvalue weighted by atomic mass is 35.5. The van der Waals surface area contributed by atoms with Crippen LogP contribution in [0.1, 0.15) is 38.2 Å². The fraction of sp³-hybridized carbons (Fsp3) is 0.700. The van der Waals surface area contributed by atoms with Crippen molar-refractivity contribution in [3.63, 3.8) is 0 Å². The molecule has 2 N–H and O–H groups in total. The average Bonchev–Trinajstić information content (AvgIpc) is 3.12. The van der Waals surface area contributed by atoms with Crippen molar-refractivity contribution in [2.75, 3.05) is 37.7 Å². The number of nitrogens with zero attached hydrogens (tertiary/aromatic N) is 2. The lowest BCUT2D eigenvalue weighted by Crippen LogP contribution is -2.47. The van der Waals surface area contributed by atoms with Crippen molar-refractivity contribution in [2.45, 2.75) is 45.3 Å². The third kappa shape index (κ3) is 4.73. The van der Waals surface area contributed by atoms with Crippen LogP contribution >= 0.6 is 24.8 Å². The topological polar surface area (TPSA) is 66.5 Å². The van der Waals surface area contributed by atoms with Crippen LogP contribution in [0.4, 0.5) is 5.82 Å². The van der Waals surface area contributed by atoms with Crippen molar-refractivity contribution >= 4 is 36.5 Å². The number of rotatable bonds is 4. The predicted octanol–water partition coefficient (Wildman–Crippen LogP) is 2.55. The molecular formula is C20H32Cl2N4O2. The quantitative estimate of drug-likeness (QED) is 0.767. The highest BCUT2D eigenvalue weighted by molar-refractivity contribution is 5.85. The molecule has 158 valence electrons. The van der Waals surface area contributed by atoms with Gasteiger partial charge in [-0.2, -0.15) is 0 Å². The summed E-state index contributed by atoms with van der Waals surface area (Å²) in [5.74, 6) is 1.71. The van der Waals surface area contributed by atoms with E-state index in [4.69, 9.17) is 4.74 Å². The summed E-state index contributed by atoms with van der Waals surface area (Å²) >= 11 is 0. The Morgan fingerprint density at radius 1 is 1.39 bits per heavy atom. The highest BCUT2D eigenvalue weighted by Crippen LogP contribution is 2.43. The first-order valence-electron chi connectivity index (χ1n) is 9.98. The number of aromatic nitrogens is 1. The van der Waals surface area contributed by atoms with Gasteiger partial charge in [-0.3, -0.25) is 4.79 Å². The Kier molecular flexibility index (Phi) is 8.37. The number of morpholine rings is 1. The van der Waals surface area contributed by atoms with Crippen molar-refractivity contribution in [3.05, 3.63) is 23.9 Å². The first kappa shape index (κ1) is 23.2. The summed E-state index contributed by atoms with van der Waals surface area (Å²) in [6.07, 6.45) is 6.75.